The Morgan fingerprint density at radius 3 is 2.82 bits per heavy atom. The van der Waals surface area contributed by atoms with Gasteiger partial charge < -0.3 is 14.8 Å². The van der Waals surface area contributed by atoms with Crippen molar-refractivity contribution in [3.05, 3.63) is 70.1 Å². The van der Waals surface area contributed by atoms with Gasteiger partial charge in [0.2, 0.25) is 12.7 Å². The molecule has 28 heavy (non-hydrogen) atoms. The minimum absolute atomic E-state index is 0.149. The Kier molecular flexibility index (Phi) is 5.34. The molecule has 0 saturated carbocycles. The van der Waals surface area contributed by atoms with Crippen molar-refractivity contribution in [2.45, 2.75) is 18.2 Å². The first-order chi connectivity index (χ1) is 13.7. The van der Waals surface area contributed by atoms with Crippen molar-refractivity contribution >= 4 is 17.7 Å². The zero-order chi connectivity index (χ0) is 19.3. The molecule has 0 radical (unpaired) electrons. The average molecular weight is 398 g/mol. The van der Waals surface area contributed by atoms with Crippen LogP contribution in [0.5, 0.6) is 11.5 Å². The lowest BCUT2D eigenvalue weighted by molar-refractivity contribution is -0.118. The highest BCUT2D eigenvalue weighted by Gasteiger charge is 2.14. The van der Waals surface area contributed by atoms with E-state index in [0.717, 1.165) is 11.1 Å². The van der Waals surface area contributed by atoms with Crippen molar-refractivity contribution in [1.29, 1.82) is 0 Å². The SMILES string of the molecule is O=C(CSc1n[nH]c(=O)n1Cc1ccccc1)NCc1ccc2c(c1)OCO2. The number of carbonyl (C=O) groups is 1. The Labute approximate surface area is 164 Å². The number of amides is 1. The van der Waals surface area contributed by atoms with Gasteiger partial charge in [0.1, 0.15) is 0 Å². The monoisotopic (exact) mass is 398 g/mol. The van der Waals surface area contributed by atoms with Crippen molar-refractivity contribution in [2.75, 3.05) is 12.5 Å². The molecule has 0 bridgehead atoms. The molecule has 0 atom stereocenters. The third-order valence-electron chi connectivity index (χ3n) is 4.17. The summed E-state index contributed by atoms with van der Waals surface area (Å²) in [5.74, 6) is 1.40. The van der Waals surface area contributed by atoms with Gasteiger partial charge in [0.05, 0.1) is 12.3 Å². The number of carbonyl (C=O) groups excluding carboxylic acids is 1. The molecule has 3 aromatic rings. The summed E-state index contributed by atoms with van der Waals surface area (Å²) in [4.78, 5) is 24.2. The lowest BCUT2D eigenvalue weighted by Crippen LogP contribution is -2.25. The van der Waals surface area contributed by atoms with Gasteiger partial charge in [-0.25, -0.2) is 9.89 Å². The number of rotatable bonds is 7. The molecule has 0 saturated heterocycles. The molecule has 0 spiro atoms. The van der Waals surface area contributed by atoms with Gasteiger partial charge in [-0.05, 0) is 23.3 Å². The second kappa shape index (κ2) is 8.22. The van der Waals surface area contributed by atoms with Gasteiger partial charge in [0.25, 0.3) is 0 Å². The summed E-state index contributed by atoms with van der Waals surface area (Å²) >= 11 is 1.21. The Morgan fingerprint density at radius 2 is 1.96 bits per heavy atom. The van der Waals surface area contributed by atoms with Crippen LogP contribution < -0.4 is 20.5 Å². The fraction of sp³-hybridized carbons (Fsp3) is 0.211. The van der Waals surface area contributed by atoms with Gasteiger partial charge in [-0.15, -0.1) is 5.10 Å². The largest absolute Gasteiger partial charge is 0.454 e. The minimum atomic E-state index is -0.299. The number of nitrogens with one attached hydrogen (secondary N) is 2. The predicted molar refractivity (Wildman–Crippen MR) is 104 cm³/mol. The third-order valence-corrected chi connectivity index (χ3v) is 5.14. The van der Waals surface area contributed by atoms with Crippen LogP contribution in [0, 0.1) is 0 Å². The zero-order valence-electron chi connectivity index (χ0n) is 14.9. The number of benzene rings is 2. The minimum Gasteiger partial charge on any atom is -0.454 e. The third kappa shape index (κ3) is 4.20. The van der Waals surface area contributed by atoms with Crippen molar-refractivity contribution < 1.29 is 14.3 Å². The van der Waals surface area contributed by atoms with Crippen LogP contribution in [-0.4, -0.2) is 33.2 Å². The lowest BCUT2D eigenvalue weighted by Gasteiger charge is -2.07. The molecule has 1 aromatic heterocycles. The van der Waals surface area contributed by atoms with Crippen LogP contribution >= 0.6 is 11.8 Å². The van der Waals surface area contributed by atoms with E-state index in [1.54, 1.807) is 0 Å². The summed E-state index contributed by atoms with van der Waals surface area (Å²) in [6, 6.07) is 15.2. The van der Waals surface area contributed by atoms with Gasteiger partial charge >= 0.3 is 5.69 Å². The molecule has 4 rings (SSSR count). The summed E-state index contributed by atoms with van der Waals surface area (Å²) in [6.45, 7) is 1.00. The van der Waals surface area contributed by atoms with E-state index in [0.29, 0.717) is 29.7 Å². The van der Waals surface area contributed by atoms with Gasteiger partial charge in [-0.1, -0.05) is 48.2 Å². The summed E-state index contributed by atoms with van der Waals surface area (Å²) in [5, 5.41) is 9.80. The highest BCUT2D eigenvalue weighted by atomic mass is 32.2. The molecule has 144 valence electrons. The first-order valence-corrected chi connectivity index (χ1v) is 9.65. The first-order valence-electron chi connectivity index (χ1n) is 8.66. The Morgan fingerprint density at radius 1 is 1.14 bits per heavy atom. The quantitative estimate of drug-likeness (QED) is 0.589. The number of fused-ring (bicyclic) bond motifs is 1. The number of thioether (sulfide) groups is 1. The molecule has 0 aliphatic carbocycles. The summed E-state index contributed by atoms with van der Waals surface area (Å²) in [6.07, 6.45) is 0. The number of hydrogen-bond donors (Lipinski definition) is 2. The molecule has 0 unspecified atom stereocenters. The second-order valence-electron chi connectivity index (χ2n) is 6.14. The van der Waals surface area contributed by atoms with E-state index in [1.165, 1.54) is 16.3 Å². The molecule has 1 amide bonds. The maximum absolute atomic E-state index is 12.2. The van der Waals surface area contributed by atoms with E-state index in [-0.39, 0.29) is 24.1 Å². The standard InChI is InChI=1S/C19H18N4O4S/c24-17(20-9-14-6-7-15-16(8-14)27-12-26-15)11-28-19-22-21-18(25)23(19)10-13-4-2-1-3-5-13/h1-8H,9-12H2,(H,20,24)(H,21,25). The Balaban J connectivity index is 1.32. The number of H-pyrrole nitrogens is 1. The summed E-state index contributed by atoms with van der Waals surface area (Å²) < 4.78 is 12.1. The average Bonchev–Trinajstić information content (AvgIpc) is 3.32. The number of aromatic nitrogens is 3. The summed E-state index contributed by atoms with van der Waals surface area (Å²) in [5.41, 5.74) is 1.61. The predicted octanol–water partition coefficient (Wildman–Crippen LogP) is 1.76. The molecule has 2 N–H and O–H groups in total. The topological polar surface area (TPSA) is 98.2 Å². The molecule has 2 aromatic carbocycles. The Bertz CT molecular complexity index is 1030. The van der Waals surface area contributed by atoms with Gasteiger partial charge in [0, 0.05) is 6.54 Å². The highest BCUT2D eigenvalue weighted by Crippen LogP contribution is 2.32. The number of ether oxygens (including phenoxy) is 2. The molecule has 0 fully saturated rings. The van der Waals surface area contributed by atoms with E-state index < -0.39 is 0 Å². The molecule has 1 aliphatic rings. The van der Waals surface area contributed by atoms with E-state index in [4.69, 9.17) is 9.47 Å². The fourth-order valence-corrected chi connectivity index (χ4v) is 3.53. The van der Waals surface area contributed by atoms with Crippen LogP contribution in [0.2, 0.25) is 0 Å². The van der Waals surface area contributed by atoms with Crippen LogP contribution in [0.25, 0.3) is 0 Å². The van der Waals surface area contributed by atoms with E-state index >= 15 is 0 Å². The van der Waals surface area contributed by atoms with Gasteiger partial charge in [-0.3, -0.25) is 9.36 Å². The molecular formula is C19H18N4O4S. The first kappa shape index (κ1) is 18.2. The van der Waals surface area contributed by atoms with Crippen LogP contribution in [0.3, 0.4) is 0 Å². The lowest BCUT2D eigenvalue weighted by atomic mass is 10.2. The van der Waals surface area contributed by atoms with Crippen LogP contribution in [0.1, 0.15) is 11.1 Å². The van der Waals surface area contributed by atoms with Gasteiger partial charge in [0.15, 0.2) is 16.7 Å². The van der Waals surface area contributed by atoms with Crippen molar-refractivity contribution in [2.24, 2.45) is 0 Å². The van der Waals surface area contributed by atoms with Crippen LogP contribution in [0.15, 0.2) is 58.5 Å². The van der Waals surface area contributed by atoms with Crippen LogP contribution in [0.4, 0.5) is 0 Å². The molecule has 8 nitrogen and oxygen atoms in total. The fourth-order valence-electron chi connectivity index (χ4n) is 2.75. The summed E-state index contributed by atoms with van der Waals surface area (Å²) in [7, 11) is 0. The van der Waals surface area contributed by atoms with Gasteiger partial charge in [-0.2, -0.15) is 0 Å². The van der Waals surface area contributed by atoms with E-state index in [9.17, 15) is 9.59 Å². The molecule has 1 aliphatic heterocycles. The molecule has 9 heteroatoms. The van der Waals surface area contributed by atoms with Crippen molar-refractivity contribution in [3.63, 3.8) is 0 Å². The number of nitrogens with zero attached hydrogens (tertiary/aromatic N) is 2. The van der Waals surface area contributed by atoms with Crippen LogP contribution in [-0.2, 0) is 17.9 Å². The Hall–Kier alpha value is -3.20. The van der Waals surface area contributed by atoms with Crippen molar-refractivity contribution in [3.8, 4) is 11.5 Å². The molecule has 2 heterocycles. The smallest absolute Gasteiger partial charge is 0.344 e. The van der Waals surface area contributed by atoms with E-state index in [1.807, 2.05) is 48.5 Å². The highest BCUT2D eigenvalue weighted by molar-refractivity contribution is 7.99. The number of aromatic amines is 1. The normalized spacial score (nSPS) is 12.1. The second-order valence-corrected chi connectivity index (χ2v) is 7.08. The van der Waals surface area contributed by atoms with Crippen molar-refractivity contribution in [1.82, 2.24) is 20.1 Å². The zero-order valence-corrected chi connectivity index (χ0v) is 15.7. The maximum Gasteiger partial charge on any atom is 0.344 e. The van der Waals surface area contributed by atoms with E-state index in [2.05, 4.69) is 15.5 Å². The number of hydrogen-bond acceptors (Lipinski definition) is 6. The molecular weight excluding hydrogens is 380 g/mol. The maximum atomic E-state index is 12.2.